The van der Waals surface area contributed by atoms with Crippen LogP contribution in [-0.4, -0.2) is 19.7 Å². The summed E-state index contributed by atoms with van der Waals surface area (Å²) < 4.78 is 1.77. The van der Waals surface area contributed by atoms with E-state index in [1.807, 2.05) is 25.1 Å². The van der Waals surface area contributed by atoms with Crippen LogP contribution in [0.1, 0.15) is 31.9 Å². The van der Waals surface area contributed by atoms with Crippen molar-refractivity contribution in [1.29, 1.82) is 0 Å². The van der Waals surface area contributed by atoms with E-state index in [1.54, 1.807) is 17.2 Å². The molecule has 0 saturated carbocycles. The lowest BCUT2D eigenvalue weighted by molar-refractivity contribution is 0.590. The number of aryl methyl sites for hydroxylation is 1. The van der Waals surface area contributed by atoms with Gasteiger partial charge in [-0.25, -0.2) is 14.6 Å². The summed E-state index contributed by atoms with van der Waals surface area (Å²) >= 11 is 6.28. The molecule has 0 radical (unpaired) electrons. The molecule has 0 aliphatic heterocycles. The molecule has 5 nitrogen and oxygen atoms in total. The van der Waals surface area contributed by atoms with Gasteiger partial charge in [0.2, 0.25) is 0 Å². The Labute approximate surface area is 169 Å². The number of nitrogens with zero attached hydrogens (tertiary/aromatic N) is 4. The minimum absolute atomic E-state index is 0.122. The molecular formula is C22H22ClN5. The van der Waals surface area contributed by atoms with Gasteiger partial charge in [-0.05, 0) is 47.7 Å². The first-order valence-electron chi connectivity index (χ1n) is 9.16. The molecule has 142 valence electrons. The Balaban J connectivity index is 1.69. The number of anilines is 2. The Kier molecular flexibility index (Phi) is 4.55. The summed E-state index contributed by atoms with van der Waals surface area (Å²) in [6.07, 6.45) is 3.32. The first-order valence-corrected chi connectivity index (χ1v) is 9.53. The zero-order valence-corrected chi connectivity index (χ0v) is 17.1. The molecule has 4 aromatic rings. The smallest absolute Gasteiger partial charge is 0.168 e. The molecule has 2 heterocycles. The van der Waals surface area contributed by atoms with Crippen LogP contribution in [0.5, 0.6) is 0 Å². The van der Waals surface area contributed by atoms with Gasteiger partial charge in [0, 0.05) is 10.7 Å². The molecule has 0 bridgehead atoms. The van der Waals surface area contributed by atoms with E-state index in [0.717, 1.165) is 33.8 Å². The van der Waals surface area contributed by atoms with Gasteiger partial charge in [-0.2, -0.15) is 5.10 Å². The molecule has 0 atom stereocenters. The van der Waals surface area contributed by atoms with Gasteiger partial charge >= 0.3 is 0 Å². The van der Waals surface area contributed by atoms with Crippen molar-refractivity contribution >= 4 is 34.1 Å². The van der Waals surface area contributed by atoms with Crippen LogP contribution >= 0.6 is 11.6 Å². The Bertz CT molecular complexity index is 1140. The summed E-state index contributed by atoms with van der Waals surface area (Å²) in [7, 11) is 0. The normalized spacial score (nSPS) is 11.8. The molecule has 2 aromatic heterocycles. The van der Waals surface area contributed by atoms with Gasteiger partial charge in [0.15, 0.2) is 5.65 Å². The highest BCUT2D eigenvalue weighted by Crippen LogP contribution is 2.28. The Morgan fingerprint density at radius 1 is 1.00 bits per heavy atom. The summed E-state index contributed by atoms with van der Waals surface area (Å²) in [5.41, 5.74) is 5.00. The van der Waals surface area contributed by atoms with Gasteiger partial charge in [-0.1, -0.05) is 50.6 Å². The Morgan fingerprint density at radius 2 is 1.75 bits per heavy atom. The average Bonchev–Trinajstić information content (AvgIpc) is 3.09. The van der Waals surface area contributed by atoms with Crippen molar-refractivity contribution < 1.29 is 0 Å². The maximum Gasteiger partial charge on any atom is 0.168 e. The lowest BCUT2D eigenvalue weighted by Crippen LogP contribution is -2.10. The third-order valence-corrected chi connectivity index (χ3v) is 5.19. The fraction of sp³-hybridized carbons (Fsp3) is 0.227. The second kappa shape index (κ2) is 6.91. The number of benzene rings is 2. The lowest BCUT2D eigenvalue weighted by Gasteiger charge is -2.19. The van der Waals surface area contributed by atoms with E-state index in [1.165, 1.54) is 5.56 Å². The first-order chi connectivity index (χ1) is 13.3. The van der Waals surface area contributed by atoms with Gasteiger partial charge in [-0.15, -0.1) is 0 Å². The predicted molar refractivity (Wildman–Crippen MR) is 115 cm³/mol. The van der Waals surface area contributed by atoms with Gasteiger partial charge in [0.1, 0.15) is 12.1 Å². The van der Waals surface area contributed by atoms with Crippen LogP contribution in [0.4, 0.5) is 11.5 Å². The molecule has 0 spiro atoms. The van der Waals surface area contributed by atoms with Crippen molar-refractivity contribution in [2.75, 3.05) is 5.32 Å². The minimum atomic E-state index is 0.122. The molecule has 0 amide bonds. The van der Waals surface area contributed by atoms with Gasteiger partial charge in [0.25, 0.3) is 0 Å². The third kappa shape index (κ3) is 3.45. The molecule has 0 aliphatic rings. The van der Waals surface area contributed by atoms with Crippen molar-refractivity contribution in [1.82, 2.24) is 19.7 Å². The number of hydrogen-bond donors (Lipinski definition) is 1. The lowest BCUT2D eigenvalue weighted by atomic mass is 9.87. The third-order valence-electron chi connectivity index (χ3n) is 4.78. The van der Waals surface area contributed by atoms with E-state index in [0.29, 0.717) is 5.02 Å². The zero-order valence-electron chi connectivity index (χ0n) is 16.4. The quantitative estimate of drug-likeness (QED) is 0.478. The highest BCUT2D eigenvalue weighted by Gasteiger charge is 2.14. The van der Waals surface area contributed by atoms with Crippen molar-refractivity contribution in [3.63, 3.8) is 0 Å². The fourth-order valence-electron chi connectivity index (χ4n) is 3.04. The number of nitrogens with one attached hydrogen (secondary N) is 1. The highest BCUT2D eigenvalue weighted by atomic mass is 35.5. The molecule has 1 N–H and O–H groups in total. The number of aromatic nitrogens is 4. The van der Waals surface area contributed by atoms with Crippen LogP contribution in [0.3, 0.4) is 0 Å². The molecule has 4 rings (SSSR count). The number of fused-ring (bicyclic) bond motifs is 1. The van der Waals surface area contributed by atoms with Crippen LogP contribution in [0.25, 0.3) is 16.7 Å². The van der Waals surface area contributed by atoms with Crippen LogP contribution in [0.15, 0.2) is 55.0 Å². The molecular weight excluding hydrogens is 370 g/mol. The van der Waals surface area contributed by atoms with E-state index in [2.05, 4.69) is 65.4 Å². The second-order valence-electron chi connectivity index (χ2n) is 7.90. The minimum Gasteiger partial charge on any atom is -0.340 e. The number of rotatable bonds is 3. The second-order valence-corrected chi connectivity index (χ2v) is 8.31. The van der Waals surface area contributed by atoms with Gasteiger partial charge < -0.3 is 5.32 Å². The zero-order chi connectivity index (χ0) is 19.9. The Morgan fingerprint density at radius 3 is 2.43 bits per heavy atom. The maximum atomic E-state index is 6.28. The van der Waals surface area contributed by atoms with Gasteiger partial charge in [0.05, 0.1) is 17.3 Å². The molecule has 0 fully saturated rings. The monoisotopic (exact) mass is 391 g/mol. The molecule has 28 heavy (non-hydrogen) atoms. The standard InChI is InChI=1S/C22H22ClN5/c1-14-5-10-17(11-19(14)23)28-21-18(12-26-28)20(24-13-25-21)27-16-8-6-15(7-9-16)22(2,3)4/h5-13H,1-4H3,(H,24,25,27). The van der Waals surface area contributed by atoms with Crippen molar-refractivity contribution in [2.45, 2.75) is 33.1 Å². The molecule has 2 aromatic carbocycles. The first kappa shape index (κ1) is 18.4. The maximum absolute atomic E-state index is 6.28. The topological polar surface area (TPSA) is 55.6 Å². The van der Waals surface area contributed by atoms with Crippen LogP contribution in [0.2, 0.25) is 5.02 Å². The highest BCUT2D eigenvalue weighted by molar-refractivity contribution is 6.31. The largest absolute Gasteiger partial charge is 0.340 e. The molecule has 0 unspecified atom stereocenters. The summed E-state index contributed by atoms with van der Waals surface area (Å²) in [6, 6.07) is 14.3. The molecule has 0 aliphatic carbocycles. The van der Waals surface area contributed by atoms with Crippen LogP contribution < -0.4 is 5.32 Å². The van der Waals surface area contributed by atoms with Gasteiger partial charge in [-0.3, -0.25) is 0 Å². The van der Waals surface area contributed by atoms with Crippen LogP contribution in [-0.2, 0) is 5.41 Å². The summed E-state index contributed by atoms with van der Waals surface area (Å²) in [4.78, 5) is 8.83. The molecule has 0 saturated heterocycles. The van der Waals surface area contributed by atoms with Crippen LogP contribution in [0, 0.1) is 6.92 Å². The molecule has 6 heteroatoms. The van der Waals surface area contributed by atoms with E-state index < -0.39 is 0 Å². The Hall–Kier alpha value is -2.92. The van der Waals surface area contributed by atoms with Crippen molar-refractivity contribution in [3.05, 3.63) is 71.1 Å². The van der Waals surface area contributed by atoms with E-state index >= 15 is 0 Å². The SMILES string of the molecule is Cc1ccc(-n2ncc3c(Nc4ccc(C(C)(C)C)cc4)ncnc32)cc1Cl. The van der Waals surface area contributed by atoms with E-state index in [-0.39, 0.29) is 5.41 Å². The predicted octanol–water partition coefficient (Wildman–Crippen LogP) is 5.82. The number of halogens is 1. The summed E-state index contributed by atoms with van der Waals surface area (Å²) in [6.45, 7) is 8.59. The summed E-state index contributed by atoms with van der Waals surface area (Å²) in [5, 5.41) is 9.43. The fourth-order valence-corrected chi connectivity index (χ4v) is 3.21. The number of hydrogen-bond acceptors (Lipinski definition) is 4. The summed E-state index contributed by atoms with van der Waals surface area (Å²) in [5.74, 6) is 0.720. The van der Waals surface area contributed by atoms with E-state index in [4.69, 9.17) is 11.6 Å². The van der Waals surface area contributed by atoms with Crippen molar-refractivity contribution in [2.24, 2.45) is 0 Å². The van der Waals surface area contributed by atoms with Crippen molar-refractivity contribution in [3.8, 4) is 5.69 Å². The van der Waals surface area contributed by atoms with E-state index in [9.17, 15) is 0 Å². The average molecular weight is 392 g/mol.